The SMILES string of the molecule is CCC(Oc1ccc(C=Cc2nc[nH]n2)cc1)C(N)=O. The van der Waals surface area contributed by atoms with Gasteiger partial charge in [0.1, 0.15) is 12.1 Å². The van der Waals surface area contributed by atoms with Gasteiger partial charge in [0.05, 0.1) is 0 Å². The maximum absolute atomic E-state index is 11.1. The number of H-pyrrole nitrogens is 1. The predicted octanol–water partition coefficient (Wildman–Crippen LogP) is 1.62. The third kappa shape index (κ3) is 3.68. The van der Waals surface area contributed by atoms with Crippen LogP contribution in [0.25, 0.3) is 12.2 Å². The van der Waals surface area contributed by atoms with Crippen molar-refractivity contribution in [2.75, 3.05) is 0 Å². The van der Waals surface area contributed by atoms with E-state index in [1.54, 1.807) is 18.2 Å². The molecular weight excluding hydrogens is 256 g/mol. The molecule has 1 aromatic heterocycles. The van der Waals surface area contributed by atoms with Crippen LogP contribution in [0.2, 0.25) is 0 Å². The number of aromatic nitrogens is 3. The Bertz CT molecular complexity index is 576. The van der Waals surface area contributed by atoms with Crippen LogP contribution >= 0.6 is 0 Å². The maximum Gasteiger partial charge on any atom is 0.258 e. The first-order valence-electron chi connectivity index (χ1n) is 6.29. The van der Waals surface area contributed by atoms with Gasteiger partial charge in [-0.15, -0.1) is 0 Å². The van der Waals surface area contributed by atoms with Crippen molar-refractivity contribution < 1.29 is 9.53 Å². The van der Waals surface area contributed by atoms with E-state index < -0.39 is 12.0 Å². The summed E-state index contributed by atoms with van der Waals surface area (Å²) in [7, 11) is 0. The number of nitrogens with two attached hydrogens (primary N) is 1. The number of aromatic amines is 1. The lowest BCUT2D eigenvalue weighted by atomic mass is 10.2. The zero-order valence-electron chi connectivity index (χ0n) is 11.1. The van der Waals surface area contributed by atoms with Crippen molar-refractivity contribution in [2.45, 2.75) is 19.4 Å². The Hall–Kier alpha value is -2.63. The van der Waals surface area contributed by atoms with Crippen molar-refractivity contribution in [2.24, 2.45) is 5.73 Å². The van der Waals surface area contributed by atoms with E-state index in [2.05, 4.69) is 15.2 Å². The highest BCUT2D eigenvalue weighted by molar-refractivity contribution is 5.79. The van der Waals surface area contributed by atoms with E-state index in [0.29, 0.717) is 18.0 Å². The van der Waals surface area contributed by atoms with Crippen molar-refractivity contribution >= 4 is 18.1 Å². The van der Waals surface area contributed by atoms with Crippen molar-refractivity contribution in [3.05, 3.63) is 42.0 Å². The molecule has 1 unspecified atom stereocenters. The summed E-state index contributed by atoms with van der Waals surface area (Å²) < 4.78 is 5.50. The minimum atomic E-state index is -0.593. The first kappa shape index (κ1) is 13.8. The molecule has 1 atom stereocenters. The number of nitrogens with one attached hydrogen (secondary N) is 1. The van der Waals surface area contributed by atoms with Crippen molar-refractivity contribution in [1.29, 1.82) is 0 Å². The van der Waals surface area contributed by atoms with E-state index in [-0.39, 0.29) is 0 Å². The summed E-state index contributed by atoms with van der Waals surface area (Å²) in [5.41, 5.74) is 6.22. The van der Waals surface area contributed by atoms with Gasteiger partial charge >= 0.3 is 0 Å². The second-order valence-electron chi connectivity index (χ2n) is 4.18. The lowest BCUT2D eigenvalue weighted by molar-refractivity contribution is -0.124. The van der Waals surface area contributed by atoms with Gasteiger partial charge in [0, 0.05) is 0 Å². The van der Waals surface area contributed by atoms with Crippen LogP contribution in [0.1, 0.15) is 24.7 Å². The van der Waals surface area contributed by atoms with Gasteiger partial charge in [0.25, 0.3) is 5.91 Å². The van der Waals surface area contributed by atoms with Gasteiger partial charge in [0.15, 0.2) is 11.9 Å². The molecule has 0 saturated heterocycles. The summed E-state index contributed by atoms with van der Waals surface area (Å²) in [6.07, 6.45) is 5.15. The number of primary amides is 1. The van der Waals surface area contributed by atoms with E-state index in [1.165, 1.54) is 6.33 Å². The molecule has 0 fully saturated rings. The number of carbonyl (C=O) groups is 1. The normalized spacial score (nSPS) is 12.4. The summed E-state index contributed by atoms with van der Waals surface area (Å²) in [5.74, 6) is 0.775. The zero-order valence-corrected chi connectivity index (χ0v) is 11.1. The number of nitrogens with zero attached hydrogens (tertiary/aromatic N) is 2. The Morgan fingerprint density at radius 3 is 2.70 bits per heavy atom. The summed E-state index contributed by atoms with van der Waals surface area (Å²) in [6, 6.07) is 7.35. The second kappa shape index (κ2) is 6.51. The number of amides is 1. The lowest BCUT2D eigenvalue weighted by Gasteiger charge is -2.13. The van der Waals surface area contributed by atoms with Gasteiger partial charge in [0.2, 0.25) is 0 Å². The Morgan fingerprint density at radius 1 is 1.40 bits per heavy atom. The number of hydrogen-bond donors (Lipinski definition) is 2. The molecule has 0 aliphatic rings. The molecule has 3 N–H and O–H groups in total. The standard InChI is InChI=1S/C14H16N4O2/c1-2-12(14(15)19)20-11-6-3-10(4-7-11)5-8-13-16-9-17-18-13/h3-9,12H,2H2,1H3,(H2,15,19)(H,16,17,18). The van der Waals surface area contributed by atoms with E-state index in [0.717, 1.165) is 5.56 Å². The van der Waals surface area contributed by atoms with E-state index in [1.807, 2.05) is 25.1 Å². The molecular formula is C14H16N4O2. The first-order valence-corrected chi connectivity index (χ1v) is 6.29. The van der Waals surface area contributed by atoms with Crippen LogP contribution in [0, 0.1) is 0 Å². The molecule has 1 aromatic carbocycles. The summed E-state index contributed by atoms with van der Waals surface area (Å²) in [6.45, 7) is 1.85. The fraction of sp³-hybridized carbons (Fsp3) is 0.214. The van der Waals surface area contributed by atoms with E-state index in [9.17, 15) is 4.79 Å². The largest absolute Gasteiger partial charge is 0.481 e. The minimum absolute atomic E-state index is 0.457. The molecule has 2 rings (SSSR count). The van der Waals surface area contributed by atoms with Crippen molar-refractivity contribution in [1.82, 2.24) is 15.2 Å². The van der Waals surface area contributed by atoms with Crippen LogP contribution in [-0.2, 0) is 4.79 Å². The van der Waals surface area contributed by atoms with Crippen LogP contribution in [0.5, 0.6) is 5.75 Å². The molecule has 1 amide bonds. The molecule has 2 aromatic rings. The number of rotatable bonds is 6. The van der Waals surface area contributed by atoms with Crippen LogP contribution in [0.4, 0.5) is 0 Å². The minimum Gasteiger partial charge on any atom is -0.481 e. The van der Waals surface area contributed by atoms with Gasteiger partial charge in [-0.1, -0.05) is 25.1 Å². The molecule has 20 heavy (non-hydrogen) atoms. The van der Waals surface area contributed by atoms with Gasteiger partial charge < -0.3 is 10.5 Å². The quantitative estimate of drug-likeness (QED) is 0.835. The fourth-order valence-corrected chi connectivity index (χ4v) is 1.63. The van der Waals surface area contributed by atoms with E-state index >= 15 is 0 Å². The van der Waals surface area contributed by atoms with Gasteiger partial charge in [-0.2, -0.15) is 5.10 Å². The molecule has 104 valence electrons. The average Bonchev–Trinajstić information content (AvgIpc) is 2.96. The molecule has 0 aliphatic carbocycles. The third-order valence-electron chi connectivity index (χ3n) is 2.71. The molecule has 6 nitrogen and oxygen atoms in total. The van der Waals surface area contributed by atoms with Crippen molar-refractivity contribution in [3.63, 3.8) is 0 Å². The van der Waals surface area contributed by atoms with Crippen LogP contribution in [0.15, 0.2) is 30.6 Å². The average molecular weight is 272 g/mol. The number of hydrogen-bond acceptors (Lipinski definition) is 4. The van der Waals surface area contributed by atoms with Crippen LogP contribution < -0.4 is 10.5 Å². The van der Waals surface area contributed by atoms with Crippen LogP contribution in [-0.4, -0.2) is 27.2 Å². The smallest absolute Gasteiger partial charge is 0.258 e. The van der Waals surface area contributed by atoms with Crippen molar-refractivity contribution in [3.8, 4) is 5.75 Å². The second-order valence-corrected chi connectivity index (χ2v) is 4.18. The number of benzene rings is 1. The van der Waals surface area contributed by atoms with Gasteiger partial charge in [-0.05, 0) is 30.2 Å². The third-order valence-corrected chi connectivity index (χ3v) is 2.71. The highest BCUT2D eigenvalue weighted by atomic mass is 16.5. The lowest BCUT2D eigenvalue weighted by Crippen LogP contribution is -2.32. The van der Waals surface area contributed by atoms with Crippen LogP contribution in [0.3, 0.4) is 0 Å². The summed E-state index contributed by atoms with van der Waals surface area (Å²) in [4.78, 5) is 15.1. The number of ether oxygens (including phenoxy) is 1. The zero-order chi connectivity index (χ0) is 14.4. The van der Waals surface area contributed by atoms with Gasteiger partial charge in [-0.3, -0.25) is 9.89 Å². The summed E-state index contributed by atoms with van der Waals surface area (Å²) >= 11 is 0. The highest BCUT2D eigenvalue weighted by Crippen LogP contribution is 2.16. The molecule has 0 bridgehead atoms. The molecule has 0 radical (unpaired) electrons. The monoisotopic (exact) mass is 272 g/mol. The van der Waals surface area contributed by atoms with Gasteiger partial charge in [-0.25, -0.2) is 4.98 Å². The van der Waals surface area contributed by atoms with E-state index in [4.69, 9.17) is 10.5 Å². The Labute approximate surface area is 116 Å². The molecule has 0 spiro atoms. The molecule has 1 heterocycles. The number of carbonyl (C=O) groups excluding carboxylic acids is 1. The molecule has 6 heteroatoms. The topological polar surface area (TPSA) is 93.9 Å². The molecule has 0 aliphatic heterocycles. The summed E-state index contributed by atoms with van der Waals surface area (Å²) in [5, 5.41) is 6.56. The molecule has 0 saturated carbocycles. The first-order chi connectivity index (χ1) is 9.69. The Morgan fingerprint density at radius 2 is 2.15 bits per heavy atom. The fourth-order valence-electron chi connectivity index (χ4n) is 1.63. The Kier molecular flexibility index (Phi) is 4.49. The maximum atomic E-state index is 11.1. The Balaban J connectivity index is 2.01. The predicted molar refractivity (Wildman–Crippen MR) is 75.7 cm³/mol. The highest BCUT2D eigenvalue weighted by Gasteiger charge is 2.13.